The Hall–Kier alpha value is -1.43. The summed E-state index contributed by atoms with van der Waals surface area (Å²) in [6.45, 7) is 1.51. The van der Waals surface area contributed by atoms with Crippen molar-refractivity contribution in [2.45, 2.75) is 6.92 Å². The van der Waals surface area contributed by atoms with Crippen LogP contribution in [0.15, 0.2) is 0 Å². The van der Waals surface area contributed by atoms with Crippen LogP contribution in [0.4, 0.5) is 10.7 Å². The summed E-state index contributed by atoms with van der Waals surface area (Å²) in [6, 6.07) is 0. The van der Waals surface area contributed by atoms with Crippen LogP contribution in [0.5, 0.6) is 0 Å². The van der Waals surface area contributed by atoms with Gasteiger partial charge in [0.2, 0.25) is 0 Å². The maximum absolute atomic E-state index is 10.4. The molecule has 0 aliphatic heterocycles. The fourth-order valence-corrected chi connectivity index (χ4v) is 1.74. The number of nitro groups is 1. The average molecular weight is 186 g/mol. The van der Waals surface area contributed by atoms with Gasteiger partial charge in [-0.2, -0.15) is 0 Å². The first kappa shape index (κ1) is 8.66. The van der Waals surface area contributed by atoms with E-state index >= 15 is 0 Å². The van der Waals surface area contributed by atoms with Gasteiger partial charge in [-0.05, 0) is 6.92 Å². The smallest absolute Gasteiger partial charge is 0.306 e. The summed E-state index contributed by atoms with van der Waals surface area (Å²) in [5.41, 5.74) is 5.53. The van der Waals surface area contributed by atoms with E-state index in [2.05, 4.69) is 0 Å². The van der Waals surface area contributed by atoms with Crippen LogP contribution < -0.4 is 5.73 Å². The molecule has 0 aromatic carbocycles. The molecule has 0 atom stereocenters. The normalized spacial score (nSPS) is 9.75. The number of carbonyl (C=O) groups excluding carboxylic acids is 1. The van der Waals surface area contributed by atoms with E-state index in [4.69, 9.17) is 5.73 Å². The van der Waals surface area contributed by atoms with Crippen LogP contribution >= 0.6 is 11.3 Å². The van der Waals surface area contributed by atoms with Gasteiger partial charge in [-0.1, -0.05) is 0 Å². The highest BCUT2D eigenvalue weighted by Gasteiger charge is 2.21. The van der Waals surface area contributed by atoms with Crippen molar-refractivity contribution in [1.29, 1.82) is 0 Å². The van der Waals surface area contributed by atoms with Crippen LogP contribution in [0.2, 0.25) is 0 Å². The van der Waals surface area contributed by atoms with Crippen LogP contribution in [0, 0.1) is 17.0 Å². The fourth-order valence-electron chi connectivity index (χ4n) is 0.884. The number of aldehydes is 1. The summed E-state index contributed by atoms with van der Waals surface area (Å²) in [4.78, 5) is 20.5. The maximum atomic E-state index is 10.4. The van der Waals surface area contributed by atoms with Gasteiger partial charge in [0.1, 0.15) is 0 Å². The van der Waals surface area contributed by atoms with E-state index in [0.29, 0.717) is 16.7 Å². The molecule has 0 aliphatic carbocycles. The van der Waals surface area contributed by atoms with Crippen molar-refractivity contribution in [3.05, 3.63) is 20.6 Å². The Morgan fingerprint density at radius 3 is 2.50 bits per heavy atom. The summed E-state index contributed by atoms with van der Waals surface area (Å²) in [7, 11) is 0. The van der Waals surface area contributed by atoms with E-state index in [1.165, 1.54) is 6.92 Å². The number of thiophene rings is 1. The quantitative estimate of drug-likeness (QED) is 0.429. The Labute approximate surface area is 72.0 Å². The molecule has 0 amide bonds. The first-order valence-corrected chi connectivity index (χ1v) is 3.88. The zero-order chi connectivity index (χ0) is 9.30. The van der Waals surface area contributed by atoms with Gasteiger partial charge < -0.3 is 5.73 Å². The molecule has 0 aliphatic rings. The molecular weight excluding hydrogens is 180 g/mol. The van der Waals surface area contributed by atoms with E-state index < -0.39 is 4.92 Å². The summed E-state index contributed by atoms with van der Waals surface area (Å²) in [5, 5.41) is 10.5. The molecule has 64 valence electrons. The number of rotatable bonds is 2. The van der Waals surface area contributed by atoms with Crippen molar-refractivity contribution >= 4 is 28.3 Å². The molecule has 0 unspecified atom stereocenters. The van der Waals surface area contributed by atoms with Gasteiger partial charge in [0.25, 0.3) is 0 Å². The lowest BCUT2D eigenvalue weighted by atomic mass is 10.2. The molecule has 0 bridgehead atoms. The minimum absolute atomic E-state index is 0.0830. The highest BCUT2D eigenvalue weighted by atomic mass is 32.1. The van der Waals surface area contributed by atoms with Crippen molar-refractivity contribution in [2.75, 3.05) is 5.73 Å². The lowest BCUT2D eigenvalue weighted by Crippen LogP contribution is -1.92. The number of anilines is 1. The van der Waals surface area contributed by atoms with Crippen molar-refractivity contribution in [3.8, 4) is 0 Å². The van der Waals surface area contributed by atoms with Gasteiger partial charge in [0, 0.05) is 0 Å². The number of hydrogen-bond acceptors (Lipinski definition) is 5. The topological polar surface area (TPSA) is 86.2 Å². The van der Waals surface area contributed by atoms with E-state index in [0.717, 1.165) is 11.3 Å². The largest absolute Gasteiger partial charge is 0.385 e. The average Bonchev–Trinajstić information content (AvgIpc) is 2.25. The fraction of sp³-hybridized carbons (Fsp3) is 0.167. The second-order valence-electron chi connectivity index (χ2n) is 2.18. The van der Waals surface area contributed by atoms with E-state index in [9.17, 15) is 14.9 Å². The van der Waals surface area contributed by atoms with Crippen LogP contribution in [0.25, 0.3) is 0 Å². The number of nitrogen functional groups attached to an aromatic ring is 1. The molecule has 2 N–H and O–H groups in total. The Morgan fingerprint density at radius 1 is 1.67 bits per heavy atom. The molecular formula is C6H6N2O3S. The number of nitrogens with zero attached hydrogens (tertiary/aromatic N) is 1. The third-order valence-electron chi connectivity index (χ3n) is 1.47. The predicted molar refractivity (Wildman–Crippen MR) is 45.5 cm³/mol. The minimum Gasteiger partial charge on any atom is -0.385 e. The van der Waals surface area contributed by atoms with Crippen molar-refractivity contribution in [3.63, 3.8) is 0 Å². The van der Waals surface area contributed by atoms with E-state index in [1.54, 1.807) is 0 Å². The lowest BCUT2D eigenvalue weighted by Gasteiger charge is -1.88. The first-order valence-electron chi connectivity index (χ1n) is 3.06. The third-order valence-corrected chi connectivity index (χ3v) is 2.50. The Balaban J connectivity index is 3.37. The van der Waals surface area contributed by atoms with Crippen LogP contribution in [-0.2, 0) is 0 Å². The van der Waals surface area contributed by atoms with Crippen molar-refractivity contribution in [2.24, 2.45) is 0 Å². The lowest BCUT2D eigenvalue weighted by molar-refractivity contribution is -0.384. The molecule has 1 rings (SSSR count). The van der Waals surface area contributed by atoms with Gasteiger partial charge in [0.15, 0.2) is 11.3 Å². The molecule has 1 aromatic rings. The minimum atomic E-state index is -0.575. The van der Waals surface area contributed by atoms with Gasteiger partial charge in [-0.25, -0.2) is 0 Å². The Bertz CT molecular complexity index is 345. The highest BCUT2D eigenvalue weighted by Crippen LogP contribution is 2.35. The molecule has 6 heteroatoms. The molecule has 1 heterocycles. The summed E-state index contributed by atoms with van der Waals surface area (Å²) in [5.74, 6) is 0. The van der Waals surface area contributed by atoms with Gasteiger partial charge >= 0.3 is 5.69 Å². The molecule has 0 saturated carbocycles. The SMILES string of the molecule is Cc1c(C=O)sc(N)c1[N+](=O)[O-]. The van der Waals surface area contributed by atoms with Crippen LogP contribution in [-0.4, -0.2) is 11.2 Å². The second-order valence-corrected chi connectivity index (χ2v) is 3.26. The molecule has 0 fully saturated rings. The van der Waals surface area contributed by atoms with Gasteiger partial charge in [0.05, 0.1) is 15.4 Å². The Kier molecular flexibility index (Phi) is 2.09. The standard InChI is InChI=1S/C6H6N2O3S/c1-3-4(2-9)12-6(7)5(3)8(10)11/h2H,7H2,1H3. The zero-order valence-electron chi connectivity index (χ0n) is 6.23. The van der Waals surface area contributed by atoms with Crippen LogP contribution in [0.1, 0.15) is 15.2 Å². The zero-order valence-corrected chi connectivity index (χ0v) is 7.05. The molecule has 1 aromatic heterocycles. The summed E-state index contributed by atoms with van der Waals surface area (Å²) in [6.07, 6.45) is 0.573. The van der Waals surface area contributed by atoms with Gasteiger partial charge in [-0.15, -0.1) is 11.3 Å². The number of nitrogens with two attached hydrogens (primary N) is 1. The van der Waals surface area contributed by atoms with E-state index in [1.807, 2.05) is 0 Å². The third kappa shape index (κ3) is 1.16. The number of hydrogen-bond donors (Lipinski definition) is 1. The van der Waals surface area contributed by atoms with Crippen LogP contribution in [0.3, 0.4) is 0 Å². The maximum Gasteiger partial charge on any atom is 0.306 e. The molecule has 5 nitrogen and oxygen atoms in total. The second kappa shape index (κ2) is 2.90. The summed E-state index contributed by atoms with van der Waals surface area (Å²) < 4.78 is 0. The molecule has 0 radical (unpaired) electrons. The molecule has 0 spiro atoms. The molecule has 0 saturated heterocycles. The highest BCUT2D eigenvalue weighted by molar-refractivity contribution is 7.18. The van der Waals surface area contributed by atoms with Crippen molar-refractivity contribution < 1.29 is 9.72 Å². The molecule has 12 heavy (non-hydrogen) atoms. The Morgan fingerprint density at radius 2 is 2.25 bits per heavy atom. The van der Waals surface area contributed by atoms with Gasteiger partial charge in [-0.3, -0.25) is 14.9 Å². The summed E-state index contributed by atoms with van der Waals surface area (Å²) >= 11 is 0.937. The van der Waals surface area contributed by atoms with Crippen molar-refractivity contribution in [1.82, 2.24) is 0 Å². The first-order chi connectivity index (χ1) is 5.57. The predicted octanol–water partition coefficient (Wildman–Crippen LogP) is 1.36. The van der Waals surface area contributed by atoms with E-state index in [-0.39, 0.29) is 10.7 Å². The number of carbonyl (C=O) groups is 1. The monoisotopic (exact) mass is 186 g/mol.